The van der Waals surface area contributed by atoms with Crippen LogP contribution in [0.3, 0.4) is 0 Å². The van der Waals surface area contributed by atoms with E-state index in [0.717, 1.165) is 28.8 Å². The first kappa shape index (κ1) is 13.3. The number of aromatic nitrogens is 3. The van der Waals surface area contributed by atoms with Crippen LogP contribution in [-0.2, 0) is 6.54 Å². The second-order valence-corrected chi connectivity index (χ2v) is 4.66. The molecule has 0 aliphatic rings. The molecule has 0 bridgehead atoms. The molecule has 106 valence electrons. The van der Waals surface area contributed by atoms with Gasteiger partial charge in [0.05, 0.1) is 5.52 Å². The summed E-state index contributed by atoms with van der Waals surface area (Å²) in [5.41, 5.74) is 2.04. The predicted molar refractivity (Wildman–Crippen MR) is 85.3 cm³/mol. The van der Waals surface area contributed by atoms with Crippen molar-refractivity contribution in [2.75, 3.05) is 17.2 Å². The van der Waals surface area contributed by atoms with Gasteiger partial charge >= 0.3 is 0 Å². The number of nitrogens with zero attached hydrogens (tertiary/aromatic N) is 3. The summed E-state index contributed by atoms with van der Waals surface area (Å²) in [5, 5.41) is 7.55. The molecule has 0 aliphatic carbocycles. The van der Waals surface area contributed by atoms with Crippen LogP contribution in [0.5, 0.6) is 0 Å². The van der Waals surface area contributed by atoms with E-state index in [1.807, 2.05) is 49.5 Å². The van der Waals surface area contributed by atoms with Crippen molar-refractivity contribution in [2.45, 2.75) is 13.5 Å². The Morgan fingerprint density at radius 1 is 1.00 bits per heavy atom. The van der Waals surface area contributed by atoms with Gasteiger partial charge in [-0.15, -0.1) is 0 Å². The third-order valence-corrected chi connectivity index (χ3v) is 3.12. The Balaban J connectivity index is 1.92. The molecule has 0 spiro atoms. The van der Waals surface area contributed by atoms with Crippen molar-refractivity contribution in [3.8, 4) is 0 Å². The molecule has 2 N–H and O–H groups in total. The average Bonchev–Trinajstić information content (AvgIpc) is 2.54. The molecule has 0 aliphatic heterocycles. The summed E-state index contributed by atoms with van der Waals surface area (Å²) in [4.78, 5) is 13.2. The predicted octanol–water partition coefficient (Wildman–Crippen LogP) is 3.07. The molecule has 3 aromatic rings. The van der Waals surface area contributed by atoms with E-state index in [4.69, 9.17) is 0 Å². The normalized spacial score (nSPS) is 10.5. The number of anilines is 2. The second-order valence-electron chi connectivity index (χ2n) is 4.66. The van der Waals surface area contributed by atoms with E-state index in [0.29, 0.717) is 12.5 Å². The fraction of sp³-hybridized carbons (Fsp3) is 0.188. The first-order valence-corrected chi connectivity index (χ1v) is 7.00. The summed E-state index contributed by atoms with van der Waals surface area (Å²) in [5.74, 6) is 1.48. The van der Waals surface area contributed by atoms with Crippen LogP contribution in [0.15, 0.2) is 48.8 Å². The van der Waals surface area contributed by atoms with Crippen LogP contribution < -0.4 is 10.6 Å². The number of hydrogen-bond acceptors (Lipinski definition) is 5. The summed E-state index contributed by atoms with van der Waals surface area (Å²) in [7, 11) is 0. The molecule has 0 saturated carbocycles. The van der Waals surface area contributed by atoms with Gasteiger partial charge in [0.1, 0.15) is 5.82 Å². The monoisotopic (exact) mass is 279 g/mol. The van der Waals surface area contributed by atoms with E-state index in [-0.39, 0.29) is 0 Å². The zero-order chi connectivity index (χ0) is 14.5. The fourth-order valence-corrected chi connectivity index (χ4v) is 2.14. The number of benzene rings is 1. The molecule has 0 fully saturated rings. The van der Waals surface area contributed by atoms with Crippen molar-refractivity contribution >= 4 is 22.7 Å². The Morgan fingerprint density at radius 2 is 1.90 bits per heavy atom. The van der Waals surface area contributed by atoms with Crippen molar-refractivity contribution in [1.29, 1.82) is 0 Å². The van der Waals surface area contributed by atoms with Crippen molar-refractivity contribution in [3.63, 3.8) is 0 Å². The van der Waals surface area contributed by atoms with Gasteiger partial charge in [0.25, 0.3) is 0 Å². The number of hydrogen-bond donors (Lipinski definition) is 2. The summed E-state index contributed by atoms with van der Waals surface area (Å²) in [6.07, 6.45) is 3.62. The Bertz CT molecular complexity index is 727. The van der Waals surface area contributed by atoms with Crippen molar-refractivity contribution in [3.05, 3.63) is 54.4 Å². The van der Waals surface area contributed by atoms with Crippen LogP contribution in [-0.4, -0.2) is 21.5 Å². The van der Waals surface area contributed by atoms with E-state index >= 15 is 0 Å². The number of fused-ring (bicyclic) bond motifs is 1. The minimum absolute atomic E-state index is 0.643. The Kier molecular flexibility index (Phi) is 3.91. The molecule has 3 rings (SSSR count). The summed E-state index contributed by atoms with van der Waals surface area (Å²) in [6, 6.07) is 12.0. The van der Waals surface area contributed by atoms with Crippen LogP contribution in [0.4, 0.5) is 11.8 Å². The lowest BCUT2D eigenvalue weighted by molar-refractivity contribution is 1.06. The SMILES string of the molecule is CCNc1nc(NCc2cccnc2)c2ccccc2n1. The smallest absolute Gasteiger partial charge is 0.225 e. The Morgan fingerprint density at radius 3 is 2.71 bits per heavy atom. The minimum Gasteiger partial charge on any atom is -0.365 e. The lowest BCUT2D eigenvalue weighted by Gasteiger charge is -2.11. The molecule has 0 unspecified atom stereocenters. The molecule has 21 heavy (non-hydrogen) atoms. The van der Waals surface area contributed by atoms with Gasteiger partial charge in [0.15, 0.2) is 0 Å². The second kappa shape index (κ2) is 6.17. The maximum atomic E-state index is 4.55. The van der Waals surface area contributed by atoms with Crippen LogP contribution in [0, 0.1) is 0 Å². The first-order valence-electron chi connectivity index (χ1n) is 7.00. The topological polar surface area (TPSA) is 62.7 Å². The number of pyridine rings is 1. The standard InChI is InChI=1S/C16H17N5/c1-2-18-16-20-14-8-4-3-7-13(14)15(21-16)19-11-12-6-5-9-17-10-12/h3-10H,2,11H2,1H3,(H2,18,19,20,21). The molecule has 0 atom stereocenters. The highest BCUT2D eigenvalue weighted by Crippen LogP contribution is 2.22. The fourth-order valence-electron chi connectivity index (χ4n) is 2.14. The van der Waals surface area contributed by atoms with E-state index in [2.05, 4.69) is 25.6 Å². The van der Waals surface area contributed by atoms with E-state index < -0.39 is 0 Å². The van der Waals surface area contributed by atoms with Crippen molar-refractivity contribution in [1.82, 2.24) is 15.0 Å². The van der Waals surface area contributed by atoms with Gasteiger partial charge in [-0.1, -0.05) is 18.2 Å². The number of para-hydroxylation sites is 1. The molecule has 5 nitrogen and oxygen atoms in total. The van der Waals surface area contributed by atoms with Crippen molar-refractivity contribution in [2.24, 2.45) is 0 Å². The third kappa shape index (κ3) is 3.08. The van der Waals surface area contributed by atoms with Crippen LogP contribution in [0.2, 0.25) is 0 Å². The lowest BCUT2D eigenvalue weighted by atomic mass is 10.2. The van der Waals surface area contributed by atoms with Gasteiger partial charge < -0.3 is 10.6 Å². The summed E-state index contributed by atoms with van der Waals surface area (Å²) >= 11 is 0. The van der Waals surface area contributed by atoms with Crippen LogP contribution in [0.1, 0.15) is 12.5 Å². The lowest BCUT2D eigenvalue weighted by Crippen LogP contribution is -2.07. The Hall–Kier alpha value is -2.69. The minimum atomic E-state index is 0.643. The van der Waals surface area contributed by atoms with E-state index in [1.54, 1.807) is 6.20 Å². The molecule has 0 saturated heterocycles. The molecule has 2 heterocycles. The first-order chi connectivity index (χ1) is 10.4. The highest BCUT2D eigenvalue weighted by atomic mass is 15.1. The highest BCUT2D eigenvalue weighted by molar-refractivity contribution is 5.89. The maximum Gasteiger partial charge on any atom is 0.225 e. The third-order valence-electron chi connectivity index (χ3n) is 3.12. The number of nitrogens with one attached hydrogen (secondary N) is 2. The molecule has 0 radical (unpaired) electrons. The maximum absolute atomic E-state index is 4.55. The summed E-state index contributed by atoms with van der Waals surface area (Å²) in [6.45, 7) is 3.50. The van der Waals surface area contributed by atoms with E-state index in [9.17, 15) is 0 Å². The average molecular weight is 279 g/mol. The highest BCUT2D eigenvalue weighted by Gasteiger charge is 2.06. The van der Waals surface area contributed by atoms with Gasteiger partial charge in [0, 0.05) is 30.9 Å². The molecule has 1 aromatic carbocycles. The molecule has 2 aromatic heterocycles. The molecular formula is C16H17N5. The zero-order valence-corrected chi connectivity index (χ0v) is 11.9. The quantitative estimate of drug-likeness (QED) is 0.751. The summed E-state index contributed by atoms with van der Waals surface area (Å²) < 4.78 is 0. The van der Waals surface area contributed by atoms with Crippen LogP contribution >= 0.6 is 0 Å². The van der Waals surface area contributed by atoms with Gasteiger partial charge in [-0.3, -0.25) is 4.98 Å². The number of rotatable bonds is 5. The van der Waals surface area contributed by atoms with Gasteiger partial charge in [-0.2, -0.15) is 4.98 Å². The molecule has 5 heteroatoms. The molecular weight excluding hydrogens is 262 g/mol. The largest absolute Gasteiger partial charge is 0.365 e. The van der Waals surface area contributed by atoms with E-state index in [1.165, 1.54) is 0 Å². The zero-order valence-electron chi connectivity index (χ0n) is 11.9. The molecule has 0 amide bonds. The van der Waals surface area contributed by atoms with Gasteiger partial charge in [0.2, 0.25) is 5.95 Å². The van der Waals surface area contributed by atoms with Crippen molar-refractivity contribution < 1.29 is 0 Å². The van der Waals surface area contributed by atoms with Gasteiger partial charge in [-0.25, -0.2) is 4.98 Å². The Labute approximate surface area is 123 Å². The van der Waals surface area contributed by atoms with Gasteiger partial charge in [-0.05, 0) is 30.7 Å². The van der Waals surface area contributed by atoms with Crippen LogP contribution in [0.25, 0.3) is 10.9 Å².